The summed E-state index contributed by atoms with van der Waals surface area (Å²) in [7, 11) is 0. The average molecular weight is 431 g/mol. The Morgan fingerprint density at radius 1 is 1.32 bits per heavy atom. The number of benzene rings is 1. The number of halogens is 4. The summed E-state index contributed by atoms with van der Waals surface area (Å²) in [6, 6.07) is 5.10. The van der Waals surface area contributed by atoms with Crippen LogP contribution in [0.25, 0.3) is 0 Å². The topological polar surface area (TPSA) is 59.6 Å². The van der Waals surface area contributed by atoms with Gasteiger partial charge in [0, 0.05) is 6.54 Å². The molecule has 0 bridgehead atoms. The Hall–Kier alpha value is -1.19. The van der Waals surface area contributed by atoms with E-state index in [1.165, 1.54) is 18.2 Å². The van der Waals surface area contributed by atoms with E-state index in [2.05, 4.69) is 10.3 Å². The Morgan fingerprint density at radius 3 is 2.55 bits per heavy atom. The molecule has 3 N–H and O–H groups in total. The van der Waals surface area contributed by atoms with Crippen molar-refractivity contribution in [2.75, 3.05) is 19.7 Å². The summed E-state index contributed by atoms with van der Waals surface area (Å²) in [5.41, 5.74) is 4.82. The summed E-state index contributed by atoms with van der Waals surface area (Å²) in [6.07, 6.45) is -4.43. The SMILES string of the molecule is CC(C)CN=C(N)NCCOc1ccccc1C(F)(F)F.I. The molecular formula is C14H21F3IN3O. The van der Waals surface area contributed by atoms with Gasteiger partial charge in [-0.25, -0.2) is 0 Å². The number of guanidine groups is 1. The predicted molar refractivity (Wildman–Crippen MR) is 91.7 cm³/mol. The van der Waals surface area contributed by atoms with Crippen LogP contribution in [0.5, 0.6) is 5.75 Å². The van der Waals surface area contributed by atoms with E-state index in [0.717, 1.165) is 6.07 Å². The quantitative estimate of drug-likeness (QED) is 0.315. The predicted octanol–water partition coefficient (Wildman–Crippen LogP) is 3.26. The van der Waals surface area contributed by atoms with Crippen molar-refractivity contribution in [3.63, 3.8) is 0 Å². The van der Waals surface area contributed by atoms with Gasteiger partial charge >= 0.3 is 6.18 Å². The Morgan fingerprint density at radius 2 is 1.95 bits per heavy atom. The van der Waals surface area contributed by atoms with Crippen LogP contribution in [0.2, 0.25) is 0 Å². The van der Waals surface area contributed by atoms with E-state index >= 15 is 0 Å². The van der Waals surface area contributed by atoms with Gasteiger partial charge in [-0.1, -0.05) is 26.0 Å². The van der Waals surface area contributed by atoms with Crippen LogP contribution in [0.15, 0.2) is 29.3 Å². The van der Waals surface area contributed by atoms with Gasteiger partial charge in [-0.15, -0.1) is 24.0 Å². The molecule has 1 aromatic rings. The van der Waals surface area contributed by atoms with Gasteiger partial charge in [0.05, 0.1) is 12.1 Å². The number of hydrogen-bond donors (Lipinski definition) is 2. The first-order valence-electron chi connectivity index (χ1n) is 6.63. The second-order valence-electron chi connectivity index (χ2n) is 4.89. The Balaban J connectivity index is 0.00000441. The van der Waals surface area contributed by atoms with Gasteiger partial charge in [-0.05, 0) is 18.1 Å². The van der Waals surface area contributed by atoms with Gasteiger partial charge < -0.3 is 15.8 Å². The van der Waals surface area contributed by atoms with Crippen LogP contribution >= 0.6 is 24.0 Å². The second kappa shape index (κ2) is 9.75. The summed E-state index contributed by atoms with van der Waals surface area (Å²) < 4.78 is 43.3. The van der Waals surface area contributed by atoms with E-state index in [1.807, 2.05) is 13.8 Å². The summed E-state index contributed by atoms with van der Waals surface area (Å²) in [4.78, 5) is 4.07. The molecule has 0 aromatic heterocycles. The first-order chi connectivity index (χ1) is 9.80. The molecule has 126 valence electrons. The van der Waals surface area contributed by atoms with Crippen LogP contribution in [-0.2, 0) is 6.18 Å². The number of alkyl halides is 3. The molecule has 8 heteroatoms. The Labute approximate surface area is 145 Å². The molecule has 22 heavy (non-hydrogen) atoms. The molecule has 0 unspecified atom stereocenters. The zero-order valence-electron chi connectivity index (χ0n) is 12.5. The fourth-order valence-electron chi connectivity index (χ4n) is 1.50. The highest BCUT2D eigenvalue weighted by Gasteiger charge is 2.33. The van der Waals surface area contributed by atoms with E-state index in [-0.39, 0.29) is 48.8 Å². The first kappa shape index (κ1) is 20.8. The van der Waals surface area contributed by atoms with Crippen LogP contribution in [-0.4, -0.2) is 25.7 Å². The number of nitrogens with one attached hydrogen (secondary N) is 1. The number of hydrogen-bond acceptors (Lipinski definition) is 2. The lowest BCUT2D eigenvalue weighted by Gasteiger charge is -2.14. The molecule has 0 radical (unpaired) electrons. The van der Waals surface area contributed by atoms with Gasteiger partial charge in [0.2, 0.25) is 0 Å². The summed E-state index contributed by atoms with van der Waals surface area (Å²) in [5, 5.41) is 2.79. The van der Waals surface area contributed by atoms with Crippen molar-refractivity contribution < 1.29 is 17.9 Å². The van der Waals surface area contributed by atoms with Gasteiger partial charge in [-0.2, -0.15) is 13.2 Å². The molecule has 1 rings (SSSR count). The number of rotatable bonds is 6. The number of aliphatic imine (C=N–C) groups is 1. The van der Waals surface area contributed by atoms with E-state index < -0.39 is 11.7 Å². The number of nitrogens with two attached hydrogens (primary N) is 1. The van der Waals surface area contributed by atoms with Crippen LogP contribution in [0.3, 0.4) is 0 Å². The number of para-hydroxylation sites is 1. The minimum Gasteiger partial charge on any atom is -0.491 e. The van der Waals surface area contributed by atoms with E-state index in [4.69, 9.17) is 10.5 Å². The third-order valence-electron chi connectivity index (χ3n) is 2.48. The van der Waals surface area contributed by atoms with Crippen molar-refractivity contribution in [3.8, 4) is 5.75 Å². The fraction of sp³-hybridized carbons (Fsp3) is 0.500. The highest BCUT2D eigenvalue weighted by Crippen LogP contribution is 2.35. The molecule has 4 nitrogen and oxygen atoms in total. The molecule has 0 aliphatic rings. The van der Waals surface area contributed by atoms with Crippen LogP contribution in [0, 0.1) is 5.92 Å². The van der Waals surface area contributed by atoms with Gasteiger partial charge in [0.1, 0.15) is 12.4 Å². The van der Waals surface area contributed by atoms with Crippen LogP contribution in [0.4, 0.5) is 13.2 Å². The highest BCUT2D eigenvalue weighted by atomic mass is 127. The van der Waals surface area contributed by atoms with Crippen LogP contribution in [0.1, 0.15) is 19.4 Å². The van der Waals surface area contributed by atoms with Crippen molar-refractivity contribution in [3.05, 3.63) is 29.8 Å². The number of ether oxygens (including phenoxy) is 1. The smallest absolute Gasteiger partial charge is 0.419 e. The normalized spacial score (nSPS) is 12.0. The molecule has 0 saturated carbocycles. The summed E-state index contributed by atoms with van der Waals surface area (Å²) in [6.45, 7) is 4.95. The minimum absolute atomic E-state index is 0. The third kappa shape index (κ3) is 7.71. The monoisotopic (exact) mass is 431 g/mol. The molecule has 0 aliphatic carbocycles. The van der Waals surface area contributed by atoms with Gasteiger partial charge in [0.15, 0.2) is 5.96 Å². The van der Waals surface area contributed by atoms with Crippen molar-refractivity contribution in [1.29, 1.82) is 0 Å². The van der Waals surface area contributed by atoms with E-state index in [1.54, 1.807) is 0 Å². The maximum atomic E-state index is 12.7. The summed E-state index contributed by atoms with van der Waals surface area (Å²) in [5.74, 6) is 0.459. The Kier molecular flexibility index (Phi) is 9.22. The molecule has 0 saturated heterocycles. The van der Waals surface area contributed by atoms with Gasteiger partial charge in [-0.3, -0.25) is 4.99 Å². The summed E-state index contributed by atoms with van der Waals surface area (Å²) >= 11 is 0. The van der Waals surface area contributed by atoms with E-state index in [9.17, 15) is 13.2 Å². The number of nitrogens with zero attached hydrogens (tertiary/aromatic N) is 1. The molecule has 0 amide bonds. The lowest BCUT2D eigenvalue weighted by molar-refractivity contribution is -0.138. The van der Waals surface area contributed by atoms with Crippen LogP contribution < -0.4 is 15.8 Å². The third-order valence-corrected chi connectivity index (χ3v) is 2.48. The average Bonchev–Trinajstić information content (AvgIpc) is 2.40. The zero-order chi connectivity index (χ0) is 15.9. The van der Waals surface area contributed by atoms with Crippen molar-refractivity contribution in [2.45, 2.75) is 20.0 Å². The standard InChI is InChI=1S/C14H20F3N3O.HI/c1-10(2)9-20-13(18)19-7-8-21-12-6-4-3-5-11(12)14(15,16)17;/h3-6,10H,7-9H2,1-2H3,(H3,18,19,20);1H. The molecule has 0 atom stereocenters. The molecule has 1 aromatic carbocycles. The molecule has 0 aliphatic heterocycles. The fourth-order valence-corrected chi connectivity index (χ4v) is 1.50. The molecule has 0 fully saturated rings. The second-order valence-corrected chi connectivity index (χ2v) is 4.89. The minimum atomic E-state index is -4.43. The van der Waals surface area contributed by atoms with E-state index in [0.29, 0.717) is 12.5 Å². The van der Waals surface area contributed by atoms with Crippen molar-refractivity contribution >= 4 is 29.9 Å². The maximum absolute atomic E-state index is 12.7. The highest BCUT2D eigenvalue weighted by molar-refractivity contribution is 14.0. The largest absolute Gasteiger partial charge is 0.491 e. The zero-order valence-corrected chi connectivity index (χ0v) is 14.8. The van der Waals surface area contributed by atoms with Crippen molar-refractivity contribution in [2.24, 2.45) is 16.6 Å². The first-order valence-corrected chi connectivity index (χ1v) is 6.63. The lowest BCUT2D eigenvalue weighted by atomic mass is 10.2. The maximum Gasteiger partial charge on any atom is 0.419 e. The molecule has 0 spiro atoms. The molecule has 0 heterocycles. The Bertz CT molecular complexity index is 479. The lowest BCUT2D eigenvalue weighted by Crippen LogP contribution is -2.35. The van der Waals surface area contributed by atoms with Crippen molar-refractivity contribution in [1.82, 2.24) is 5.32 Å². The van der Waals surface area contributed by atoms with Gasteiger partial charge in [0.25, 0.3) is 0 Å². The molecular weight excluding hydrogens is 410 g/mol.